The Hall–Kier alpha value is -1.77. The Labute approximate surface area is 89.0 Å². The number of phenols is 1. The van der Waals surface area contributed by atoms with Gasteiger partial charge in [-0.3, -0.25) is 0 Å². The van der Waals surface area contributed by atoms with Crippen LogP contribution in [0.25, 0.3) is 0 Å². The molecule has 0 aliphatic carbocycles. The van der Waals surface area contributed by atoms with Crippen molar-refractivity contribution in [3.63, 3.8) is 0 Å². The maximum absolute atomic E-state index is 11.2. The van der Waals surface area contributed by atoms with Gasteiger partial charge in [0.15, 0.2) is 11.5 Å². The highest BCUT2D eigenvalue weighted by Gasteiger charge is 2.11. The Balaban J connectivity index is 2.95. The van der Waals surface area contributed by atoms with Crippen LogP contribution < -0.4 is 4.74 Å². The van der Waals surface area contributed by atoms with E-state index in [0.717, 1.165) is 5.56 Å². The van der Waals surface area contributed by atoms with E-state index in [-0.39, 0.29) is 11.5 Å². The van der Waals surface area contributed by atoms with E-state index in [1.807, 2.05) is 6.92 Å². The maximum atomic E-state index is 11.2. The summed E-state index contributed by atoms with van der Waals surface area (Å²) >= 11 is 0. The summed E-state index contributed by atoms with van der Waals surface area (Å²) in [5.41, 5.74) is 1.05. The van der Waals surface area contributed by atoms with E-state index in [1.165, 1.54) is 0 Å². The molecule has 1 rings (SSSR count). The van der Waals surface area contributed by atoms with Crippen molar-refractivity contribution >= 4 is 5.97 Å². The normalized spacial score (nSPS) is 9.73. The SMILES string of the molecule is C=C(C)C(=O)Oc1cccc(CC)c1O. The van der Waals surface area contributed by atoms with Gasteiger partial charge in [0, 0.05) is 5.57 Å². The first-order chi connectivity index (χ1) is 7.06. The molecule has 1 aromatic carbocycles. The van der Waals surface area contributed by atoms with Gasteiger partial charge in [-0.1, -0.05) is 25.6 Å². The molecular weight excluding hydrogens is 192 g/mol. The fourth-order valence-corrected chi connectivity index (χ4v) is 1.12. The van der Waals surface area contributed by atoms with E-state index >= 15 is 0 Å². The van der Waals surface area contributed by atoms with Crippen LogP contribution in [0.15, 0.2) is 30.4 Å². The Bertz CT molecular complexity index is 394. The number of para-hydroxylation sites is 1. The molecule has 0 spiro atoms. The van der Waals surface area contributed by atoms with Crippen LogP contribution >= 0.6 is 0 Å². The maximum Gasteiger partial charge on any atom is 0.338 e. The molecule has 0 aliphatic rings. The average Bonchev–Trinajstić information content (AvgIpc) is 2.21. The van der Waals surface area contributed by atoms with Crippen LogP contribution in [0.5, 0.6) is 11.5 Å². The largest absolute Gasteiger partial charge is 0.504 e. The van der Waals surface area contributed by atoms with Gasteiger partial charge in [0.05, 0.1) is 0 Å². The van der Waals surface area contributed by atoms with Gasteiger partial charge in [0.25, 0.3) is 0 Å². The lowest BCUT2D eigenvalue weighted by Gasteiger charge is -2.08. The Kier molecular flexibility index (Phi) is 3.50. The molecule has 0 saturated carbocycles. The minimum atomic E-state index is -0.529. The summed E-state index contributed by atoms with van der Waals surface area (Å²) in [4.78, 5) is 11.2. The highest BCUT2D eigenvalue weighted by atomic mass is 16.5. The molecule has 0 saturated heterocycles. The zero-order chi connectivity index (χ0) is 11.4. The summed E-state index contributed by atoms with van der Waals surface area (Å²) in [5, 5.41) is 9.71. The molecular formula is C12H14O3. The molecule has 1 aromatic rings. The number of esters is 1. The van der Waals surface area contributed by atoms with Gasteiger partial charge >= 0.3 is 5.97 Å². The van der Waals surface area contributed by atoms with Crippen LogP contribution in [0, 0.1) is 0 Å². The smallest absolute Gasteiger partial charge is 0.338 e. The van der Waals surface area contributed by atoms with Crippen molar-refractivity contribution in [3.8, 4) is 11.5 Å². The second kappa shape index (κ2) is 4.64. The lowest BCUT2D eigenvalue weighted by Crippen LogP contribution is -2.08. The molecule has 3 nitrogen and oxygen atoms in total. The second-order valence-electron chi connectivity index (χ2n) is 3.29. The lowest BCUT2D eigenvalue weighted by molar-refractivity contribution is -0.130. The van der Waals surface area contributed by atoms with Crippen molar-refractivity contribution in [2.75, 3.05) is 0 Å². The van der Waals surface area contributed by atoms with Crippen LogP contribution in [0.3, 0.4) is 0 Å². The first-order valence-corrected chi connectivity index (χ1v) is 4.74. The van der Waals surface area contributed by atoms with Gasteiger partial charge in [0.2, 0.25) is 0 Å². The van der Waals surface area contributed by atoms with Crippen LogP contribution in [-0.4, -0.2) is 11.1 Å². The fourth-order valence-electron chi connectivity index (χ4n) is 1.12. The van der Waals surface area contributed by atoms with Crippen molar-refractivity contribution in [3.05, 3.63) is 35.9 Å². The van der Waals surface area contributed by atoms with Gasteiger partial charge in [-0.05, 0) is 25.0 Å². The minimum absolute atomic E-state index is 0.0228. The number of rotatable bonds is 3. The van der Waals surface area contributed by atoms with Crippen LogP contribution in [0.4, 0.5) is 0 Å². The summed E-state index contributed by atoms with van der Waals surface area (Å²) in [6.07, 6.45) is 0.685. The van der Waals surface area contributed by atoms with Crippen LogP contribution in [-0.2, 0) is 11.2 Å². The van der Waals surface area contributed by atoms with E-state index < -0.39 is 5.97 Å². The van der Waals surface area contributed by atoms with Gasteiger partial charge in [-0.2, -0.15) is 0 Å². The van der Waals surface area contributed by atoms with E-state index in [2.05, 4.69) is 6.58 Å². The Morgan fingerprint density at radius 2 is 2.20 bits per heavy atom. The Morgan fingerprint density at radius 3 is 2.73 bits per heavy atom. The van der Waals surface area contributed by atoms with E-state index in [0.29, 0.717) is 12.0 Å². The molecule has 0 fully saturated rings. The van der Waals surface area contributed by atoms with Gasteiger partial charge in [0.1, 0.15) is 0 Å². The van der Waals surface area contributed by atoms with Crippen molar-refractivity contribution in [2.45, 2.75) is 20.3 Å². The van der Waals surface area contributed by atoms with Crippen molar-refractivity contribution in [2.24, 2.45) is 0 Å². The minimum Gasteiger partial charge on any atom is -0.504 e. The number of ether oxygens (including phenoxy) is 1. The quantitative estimate of drug-likeness (QED) is 0.469. The third-order valence-electron chi connectivity index (χ3n) is 2.01. The number of phenolic OH excluding ortho intramolecular Hbond substituents is 1. The molecule has 0 amide bonds. The molecule has 80 valence electrons. The third-order valence-corrected chi connectivity index (χ3v) is 2.01. The summed E-state index contributed by atoms with van der Waals surface area (Å²) < 4.78 is 4.96. The molecule has 0 radical (unpaired) electrons. The molecule has 0 heterocycles. The molecule has 3 heteroatoms. The highest BCUT2D eigenvalue weighted by Crippen LogP contribution is 2.30. The summed E-state index contributed by atoms with van der Waals surface area (Å²) in [7, 11) is 0. The number of aromatic hydroxyl groups is 1. The average molecular weight is 206 g/mol. The number of benzene rings is 1. The number of carbonyl (C=O) groups excluding carboxylic acids is 1. The third kappa shape index (κ3) is 2.59. The van der Waals surface area contributed by atoms with Crippen molar-refractivity contribution in [1.29, 1.82) is 0 Å². The molecule has 0 bridgehead atoms. The standard InChI is InChI=1S/C12H14O3/c1-4-9-6-5-7-10(11(9)13)15-12(14)8(2)3/h5-7,13H,2,4H2,1,3H3. The first kappa shape index (κ1) is 11.3. The number of aryl methyl sites for hydroxylation is 1. The number of hydrogen-bond acceptors (Lipinski definition) is 3. The summed E-state index contributed by atoms with van der Waals surface area (Å²) in [5.74, 6) is -0.324. The molecule has 1 N–H and O–H groups in total. The Morgan fingerprint density at radius 1 is 1.53 bits per heavy atom. The van der Waals surface area contributed by atoms with Gasteiger partial charge in [-0.15, -0.1) is 0 Å². The molecule has 0 aromatic heterocycles. The topological polar surface area (TPSA) is 46.5 Å². The number of carbonyl (C=O) groups is 1. The van der Waals surface area contributed by atoms with E-state index in [1.54, 1.807) is 25.1 Å². The number of hydrogen-bond donors (Lipinski definition) is 1. The predicted molar refractivity (Wildman–Crippen MR) is 57.9 cm³/mol. The lowest BCUT2D eigenvalue weighted by atomic mass is 10.1. The fraction of sp³-hybridized carbons (Fsp3) is 0.250. The second-order valence-corrected chi connectivity index (χ2v) is 3.29. The van der Waals surface area contributed by atoms with Gasteiger partial charge in [-0.25, -0.2) is 4.79 Å². The van der Waals surface area contributed by atoms with E-state index in [9.17, 15) is 9.90 Å². The molecule has 0 unspecified atom stereocenters. The van der Waals surface area contributed by atoms with Crippen LogP contribution in [0.1, 0.15) is 19.4 Å². The monoisotopic (exact) mass is 206 g/mol. The summed E-state index contributed by atoms with van der Waals surface area (Å²) in [6, 6.07) is 5.07. The van der Waals surface area contributed by atoms with E-state index in [4.69, 9.17) is 4.74 Å². The zero-order valence-corrected chi connectivity index (χ0v) is 8.91. The zero-order valence-electron chi connectivity index (χ0n) is 8.91. The highest BCUT2D eigenvalue weighted by molar-refractivity contribution is 5.89. The van der Waals surface area contributed by atoms with Crippen molar-refractivity contribution < 1.29 is 14.6 Å². The van der Waals surface area contributed by atoms with Crippen LogP contribution in [0.2, 0.25) is 0 Å². The predicted octanol–water partition coefficient (Wildman–Crippen LogP) is 2.44. The molecule has 0 aliphatic heterocycles. The first-order valence-electron chi connectivity index (χ1n) is 4.74. The summed E-state index contributed by atoms with van der Waals surface area (Å²) in [6.45, 7) is 6.94. The van der Waals surface area contributed by atoms with Gasteiger partial charge < -0.3 is 9.84 Å². The molecule has 15 heavy (non-hydrogen) atoms. The molecule has 0 atom stereocenters. The van der Waals surface area contributed by atoms with Crippen molar-refractivity contribution in [1.82, 2.24) is 0 Å².